The second kappa shape index (κ2) is 6.89. The summed E-state index contributed by atoms with van der Waals surface area (Å²) in [6.45, 7) is 0.976. The maximum Gasteiger partial charge on any atom is 0.304 e. The van der Waals surface area contributed by atoms with Crippen LogP contribution in [0.2, 0.25) is 10.0 Å². The summed E-state index contributed by atoms with van der Waals surface area (Å²) in [5.41, 5.74) is 1.50. The molecule has 21 heavy (non-hydrogen) atoms. The molecule has 1 aromatic carbocycles. The first-order valence-electron chi connectivity index (χ1n) is 6.22. The van der Waals surface area contributed by atoms with Crippen LogP contribution in [0.3, 0.4) is 0 Å². The maximum atomic E-state index is 10.5. The molecule has 0 amide bonds. The predicted octanol–water partition coefficient (Wildman–Crippen LogP) is 2.48. The van der Waals surface area contributed by atoms with Crippen LogP contribution in [-0.4, -0.2) is 44.6 Å². The van der Waals surface area contributed by atoms with Gasteiger partial charge in [-0.25, -0.2) is 4.68 Å². The zero-order valence-electron chi connectivity index (χ0n) is 11.3. The van der Waals surface area contributed by atoms with Crippen LogP contribution in [0.25, 0.3) is 5.69 Å². The number of halogens is 2. The number of carboxylic acid groups (broad SMARTS) is 1. The van der Waals surface area contributed by atoms with Crippen LogP contribution in [0.5, 0.6) is 0 Å². The molecule has 112 valence electrons. The summed E-state index contributed by atoms with van der Waals surface area (Å²) in [7, 11) is 1.83. The van der Waals surface area contributed by atoms with Gasteiger partial charge in [-0.05, 0) is 25.2 Å². The molecule has 0 saturated carbocycles. The molecule has 2 aromatic rings. The van der Waals surface area contributed by atoms with Crippen LogP contribution in [0.4, 0.5) is 0 Å². The lowest BCUT2D eigenvalue weighted by atomic mass is 10.3. The van der Waals surface area contributed by atoms with Crippen molar-refractivity contribution >= 4 is 29.2 Å². The molecule has 1 heterocycles. The Labute approximate surface area is 131 Å². The predicted molar refractivity (Wildman–Crippen MR) is 80.0 cm³/mol. The van der Waals surface area contributed by atoms with Gasteiger partial charge in [0.2, 0.25) is 0 Å². The lowest BCUT2D eigenvalue weighted by Gasteiger charge is -2.12. The summed E-state index contributed by atoms with van der Waals surface area (Å²) in [6.07, 6.45) is 1.87. The Morgan fingerprint density at radius 2 is 2.14 bits per heavy atom. The van der Waals surface area contributed by atoms with Crippen molar-refractivity contribution in [2.24, 2.45) is 0 Å². The van der Waals surface area contributed by atoms with Gasteiger partial charge in [-0.15, -0.1) is 5.10 Å². The molecule has 0 aliphatic heterocycles. The fourth-order valence-electron chi connectivity index (χ4n) is 1.77. The molecule has 0 spiro atoms. The second-order valence-corrected chi connectivity index (χ2v) is 5.45. The van der Waals surface area contributed by atoms with Crippen molar-refractivity contribution in [2.75, 3.05) is 13.6 Å². The number of rotatable bonds is 6. The molecule has 0 bridgehead atoms. The summed E-state index contributed by atoms with van der Waals surface area (Å²) in [4.78, 5) is 12.4. The standard InChI is InChI=1S/C13H14Cl2N4O2/c1-18(5-4-13(20)21)7-9-8-19(17-16-9)10-2-3-11(14)12(15)6-10/h2-3,6,8H,4-5,7H2,1H3,(H,20,21). The highest BCUT2D eigenvalue weighted by molar-refractivity contribution is 6.42. The lowest BCUT2D eigenvalue weighted by molar-refractivity contribution is -0.137. The average molecular weight is 329 g/mol. The highest BCUT2D eigenvalue weighted by atomic mass is 35.5. The van der Waals surface area contributed by atoms with E-state index in [0.717, 1.165) is 11.4 Å². The van der Waals surface area contributed by atoms with Gasteiger partial charge >= 0.3 is 5.97 Å². The smallest absolute Gasteiger partial charge is 0.304 e. The Balaban J connectivity index is 2.04. The number of hydrogen-bond acceptors (Lipinski definition) is 4. The molecule has 8 heteroatoms. The van der Waals surface area contributed by atoms with Gasteiger partial charge in [0.25, 0.3) is 0 Å². The summed E-state index contributed by atoms with van der Waals surface area (Å²) in [6, 6.07) is 5.19. The summed E-state index contributed by atoms with van der Waals surface area (Å²) in [5, 5.41) is 17.7. The van der Waals surface area contributed by atoms with Crippen LogP contribution < -0.4 is 0 Å². The van der Waals surface area contributed by atoms with E-state index in [4.69, 9.17) is 28.3 Å². The molecule has 0 saturated heterocycles. The van der Waals surface area contributed by atoms with Gasteiger partial charge in [-0.1, -0.05) is 28.4 Å². The van der Waals surface area contributed by atoms with E-state index < -0.39 is 5.97 Å². The van der Waals surface area contributed by atoms with E-state index in [-0.39, 0.29) is 6.42 Å². The number of carboxylic acids is 1. The third-order valence-electron chi connectivity index (χ3n) is 2.85. The topological polar surface area (TPSA) is 71.2 Å². The first-order chi connectivity index (χ1) is 9.95. The molecule has 2 rings (SSSR count). The normalized spacial score (nSPS) is 11.0. The SMILES string of the molecule is CN(CCC(=O)O)Cc1cn(-c2ccc(Cl)c(Cl)c2)nn1. The molecular formula is C13H14Cl2N4O2. The molecular weight excluding hydrogens is 315 g/mol. The van der Waals surface area contributed by atoms with Crippen molar-refractivity contribution in [3.63, 3.8) is 0 Å². The number of aromatic nitrogens is 3. The van der Waals surface area contributed by atoms with E-state index in [1.807, 2.05) is 11.9 Å². The van der Waals surface area contributed by atoms with E-state index in [9.17, 15) is 4.79 Å². The zero-order chi connectivity index (χ0) is 15.4. The third-order valence-corrected chi connectivity index (χ3v) is 3.59. The third kappa shape index (κ3) is 4.42. The molecule has 0 atom stereocenters. The molecule has 1 N–H and O–H groups in total. The average Bonchev–Trinajstić information content (AvgIpc) is 2.88. The van der Waals surface area contributed by atoms with Crippen molar-refractivity contribution in [1.29, 1.82) is 0 Å². The lowest BCUT2D eigenvalue weighted by Crippen LogP contribution is -2.21. The minimum absolute atomic E-state index is 0.0947. The Morgan fingerprint density at radius 1 is 1.38 bits per heavy atom. The molecule has 0 fully saturated rings. The van der Waals surface area contributed by atoms with Crippen LogP contribution in [0, 0.1) is 0 Å². The number of hydrogen-bond donors (Lipinski definition) is 1. The van der Waals surface area contributed by atoms with Crippen molar-refractivity contribution in [3.05, 3.63) is 40.1 Å². The van der Waals surface area contributed by atoms with E-state index >= 15 is 0 Å². The first-order valence-corrected chi connectivity index (χ1v) is 6.98. The van der Waals surface area contributed by atoms with Crippen LogP contribution in [0.1, 0.15) is 12.1 Å². The van der Waals surface area contributed by atoms with Gasteiger partial charge in [0.05, 0.1) is 34.0 Å². The van der Waals surface area contributed by atoms with E-state index in [1.54, 1.807) is 29.1 Å². The largest absolute Gasteiger partial charge is 0.481 e. The Hall–Kier alpha value is -1.63. The summed E-state index contributed by atoms with van der Waals surface area (Å²) in [5.74, 6) is -0.818. The monoisotopic (exact) mass is 328 g/mol. The van der Waals surface area contributed by atoms with Gasteiger partial charge in [-0.2, -0.15) is 0 Å². The van der Waals surface area contributed by atoms with Crippen molar-refractivity contribution in [1.82, 2.24) is 19.9 Å². The number of benzene rings is 1. The second-order valence-electron chi connectivity index (χ2n) is 4.63. The maximum absolute atomic E-state index is 10.5. The molecule has 0 aliphatic carbocycles. The molecule has 0 unspecified atom stereocenters. The van der Waals surface area contributed by atoms with Gasteiger partial charge < -0.3 is 5.11 Å². The van der Waals surface area contributed by atoms with E-state index in [1.165, 1.54) is 0 Å². The number of carbonyl (C=O) groups is 1. The Morgan fingerprint density at radius 3 is 2.81 bits per heavy atom. The fraction of sp³-hybridized carbons (Fsp3) is 0.308. The number of aliphatic carboxylic acids is 1. The fourth-order valence-corrected chi connectivity index (χ4v) is 2.06. The molecule has 0 aliphatic rings. The Kier molecular flexibility index (Phi) is 5.17. The zero-order valence-corrected chi connectivity index (χ0v) is 12.8. The van der Waals surface area contributed by atoms with Crippen LogP contribution in [0.15, 0.2) is 24.4 Å². The highest BCUT2D eigenvalue weighted by Gasteiger charge is 2.08. The number of nitrogens with zero attached hydrogens (tertiary/aromatic N) is 4. The van der Waals surface area contributed by atoms with E-state index in [0.29, 0.717) is 23.1 Å². The van der Waals surface area contributed by atoms with Crippen LogP contribution >= 0.6 is 23.2 Å². The van der Waals surface area contributed by atoms with Gasteiger partial charge in [0, 0.05) is 13.1 Å². The minimum Gasteiger partial charge on any atom is -0.481 e. The molecule has 6 nitrogen and oxygen atoms in total. The quantitative estimate of drug-likeness (QED) is 0.882. The highest BCUT2D eigenvalue weighted by Crippen LogP contribution is 2.24. The van der Waals surface area contributed by atoms with Gasteiger partial charge in [0.15, 0.2) is 0 Å². The van der Waals surface area contributed by atoms with Gasteiger partial charge in [-0.3, -0.25) is 9.69 Å². The Bertz CT molecular complexity index is 645. The van der Waals surface area contributed by atoms with Crippen LogP contribution in [-0.2, 0) is 11.3 Å². The minimum atomic E-state index is -0.818. The van der Waals surface area contributed by atoms with Crippen molar-refractivity contribution in [2.45, 2.75) is 13.0 Å². The van der Waals surface area contributed by atoms with E-state index in [2.05, 4.69) is 10.3 Å². The first kappa shape index (κ1) is 15.8. The van der Waals surface area contributed by atoms with Gasteiger partial charge in [0.1, 0.15) is 0 Å². The molecule has 1 aromatic heterocycles. The summed E-state index contributed by atoms with van der Waals surface area (Å²) >= 11 is 11.8. The van der Waals surface area contributed by atoms with Crippen molar-refractivity contribution in [3.8, 4) is 5.69 Å². The molecule has 0 radical (unpaired) electrons. The summed E-state index contributed by atoms with van der Waals surface area (Å²) < 4.78 is 1.60. The van der Waals surface area contributed by atoms with Crippen molar-refractivity contribution < 1.29 is 9.90 Å².